The smallest absolute Gasteiger partial charge is 0.303 e. The van der Waals surface area contributed by atoms with E-state index in [0.717, 1.165) is 30.6 Å². The molecule has 4 heteroatoms. The van der Waals surface area contributed by atoms with Crippen molar-refractivity contribution in [1.82, 2.24) is 4.98 Å². The molecule has 1 aromatic carbocycles. The van der Waals surface area contributed by atoms with Crippen LogP contribution in [0.1, 0.15) is 31.6 Å². The number of aromatic nitrogens is 1. The zero-order valence-corrected chi connectivity index (χ0v) is 10.7. The summed E-state index contributed by atoms with van der Waals surface area (Å²) < 4.78 is 5.67. The van der Waals surface area contributed by atoms with Gasteiger partial charge < -0.3 is 9.52 Å². The van der Waals surface area contributed by atoms with Crippen LogP contribution < -0.4 is 0 Å². The van der Waals surface area contributed by atoms with Gasteiger partial charge in [0.05, 0.1) is 6.20 Å². The average Bonchev–Trinajstić information content (AvgIpc) is 2.88. The standard InChI is InChI=1S/C15H17NO3/c17-15(18)10-6-2-5-9-14-16-11-13(19-14)12-7-3-1-4-8-12/h1,3-4,7-8,11H,2,5-6,9-10H2,(H,17,18). The second-order valence-corrected chi connectivity index (χ2v) is 4.44. The van der Waals surface area contributed by atoms with Gasteiger partial charge in [0.2, 0.25) is 0 Å². The first-order valence-electron chi connectivity index (χ1n) is 6.47. The van der Waals surface area contributed by atoms with Gasteiger partial charge in [-0.05, 0) is 12.8 Å². The molecule has 0 atom stereocenters. The minimum atomic E-state index is -0.734. The molecule has 0 fully saturated rings. The molecule has 0 spiro atoms. The largest absolute Gasteiger partial charge is 0.481 e. The van der Waals surface area contributed by atoms with Crippen LogP contribution in [-0.4, -0.2) is 16.1 Å². The van der Waals surface area contributed by atoms with E-state index in [1.807, 2.05) is 30.3 Å². The lowest BCUT2D eigenvalue weighted by Gasteiger charge is -1.97. The van der Waals surface area contributed by atoms with Crippen molar-refractivity contribution in [3.05, 3.63) is 42.4 Å². The molecule has 0 bridgehead atoms. The Hall–Kier alpha value is -2.10. The highest BCUT2D eigenvalue weighted by Crippen LogP contribution is 2.20. The predicted molar refractivity (Wildman–Crippen MR) is 71.7 cm³/mol. The maximum Gasteiger partial charge on any atom is 0.303 e. The molecule has 0 radical (unpaired) electrons. The van der Waals surface area contributed by atoms with E-state index in [1.54, 1.807) is 6.20 Å². The summed E-state index contributed by atoms with van der Waals surface area (Å²) in [5, 5.41) is 8.53. The number of oxazole rings is 1. The van der Waals surface area contributed by atoms with Crippen molar-refractivity contribution in [3.8, 4) is 11.3 Å². The summed E-state index contributed by atoms with van der Waals surface area (Å²) in [5.74, 6) is 0.762. The minimum Gasteiger partial charge on any atom is -0.481 e. The van der Waals surface area contributed by atoms with E-state index >= 15 is 0 Å². The number of unbranched alkanes of at least 4 members (excludes halogenated alkanes) is 2. The number of hydrogen-bond acceptors (Lipinski definition) is 3. The maximum atomic E-state index is 10.4. The highest BCUT2D eigenvalue weighted by molar-refractivity contribution is 5.66. The Balaban J connectivity index is 1.80. The first-order chi connectivity index (χ1) is 9.25. The zero-order chi connectivity index (χ0) is 13.5. The monoisotopic (exact) mass is 259 g/mol. The van der Waals surface area contributed by atoms with Crippen LogP contribution in [-0.2, 0) is 11.2 Å². The lowest BCUT2D eigenvalue weighted by Crippen LogP contribution is -1.94. The van der Waals surface area contributed by atoms with Crippen molar-refractivity contribution in [3.63, 3.8) is 0 Å². The van der Waals surface area contributed by atoms with Crippen LogP contribution >= 0.6 is 0 Å². The number of carbonyl (C=O) groups is 1. The molecule has 4 nitrogen and oxygen atoms in total. The first-order valence-corrected chi connectivity index (χ1v) is 6.47. The molecule has 0 unspecified atom stereocenters. The van der Waals surface area contributed by atoms with E-state index in [4.69, 9.17) is 9.52 Å². The van der Waals surface area contributed by atoms with Gasteiger partial charge in [0.15, 0.2) is 11.7 Å². The third-order valence-corrected chi connectivity index (χ3v) is 2.89. The molecular weight excluding hydrogens is 242 g/mol. The molecule has 0 aliphatic rings. The third-order valence-electron chi connectivity index (χ3n) is 2.89. The Morgan fingerprint density at radius 2 is 1.95 bits per heavy atom. The van der Waals surface area contributed by atoms with Gasteiger partial charge in [0.1, 0.15) is 0 Å². The summed E-state index contributed by atoms with van der Waals surface area (Å²) in [5.41, 5.74) is 1.02. The summed E-state index contributed by atoms with van der Waals surface area (Å²) in [6, 6.07) is 9.85. The number of aliphatic carboxylic acids is 1. The van der Waals surface area contributed by atoms with Crippen LogP contribution in [0.5, 0.6) is 0 Å². The number of aryl methyl sites for hydroxylation is 1. The third kappa shape index (κ3) is 4.25. The van der Waals surface area contributed by atoms with Crippen molar-refractivity contribution in [2.75, 3.05) is 0 Å². The van der Waals surface area contributed by atoms with Crippen molar-refractivity contribution < 1.29 is 14.3 Å². The van der Waals surface area contributed by atoms with Gasteiger partial charge in [-0.3, -0.25) is 4.79 Å². The molecule has 100 valence electrons. The highest BCUT2D eigenvalue weighted by atomic mass is 16.4. The Morgan fingerprint density at radius 3 is 2.68 bits per heavy atom. The van der Waals surface area contributed by atoms with Gasteiger partial charge in [0, 0.05) is 18.4 Å². The van der Waals surface area contributed by atoms with Crippen LogP contribution in [0.25, 0.3) is 11.3 Å². The molecule has 1 aromatic heterocycles. The highest BCUT2D eigenvalue weighted by Gasteiger charge is 2.05. The molecule has 0 aliphatic heterocycles. The minimum absolute atomic E-state index is 0.237. The van der Waals surface area contributed by atoms with E-state index in [1.165, 1.54) is 0 Å². The average molecular weight is 259 g/mol. The lowest BCUT2D eigenvalue weighted by molar-refractivity contribution is -0.137. The second-order valence-electron chi connectivity index (χ2n) is 4.44. The van der Waals surface area contributed by atoms with Crippen molar-refractivity contribution >= 4 is 5.97 Å². The Morgan fingerprint density at radius 1 is 1.16 bits per heavy atom. The summed E-state index contributed by atoms with van der Waals surface area (Å²) in [4.78, 5) is 14.6. The lowest BCUT2D eigenvalue weighted by atomic mass is 10.1. The molecule has 2 rings (SSSR count). The molecular formula is C15H17NO3. The van der Waals surface area contributed by atoms with Crippen LogP contribution in [0, 0.1) is 0 Å². The quantitative estimate of drug-likeness (QED) is 0.772. The van der Waals surface area contributed by atoms with Crippen molar-refractivity contribution in [2.24, 2.45) is 0 Å². The molecule has 2 aromatic rings. The van der Waals surface area contributed by atoms with Gasteiger partial charge in [-0.15, -0.1) is 0 Å². The van der Waals surface area contributed by atoms with Crippen molar-refractivity contribution in [2.45, 2.75) is 32.1 Å². The number of benzene rings is 1. The summed E-state index contributed by atoms with van der Waals surface area (Å²) in [7, 11) is 0. The number of carboxylic acid groups (broad SMARTS) is 1. The zero-order valence-electron chi connectivity index (χ0n) is 10.7. The maximum absolute atomic E-state index is 10.4. The van der Waals surface area contributed by atoms with Crippen molar-refractivity contribution in [1.29, 1.82) is 0 Å². The topological polar surface area (TPSA) is 63.3 Å². The van der Waals surface area contributed by atoms with E-state index in [-0.39, 0.29) is 6.42 Å². The Bertz CT molecular complexity index is 519. The molecule has 19 heavy (non-hydrogen) atoms. The summed E-state index contributed by atoms with van der Waals surface area (Å²) in [6.45, 7) is 0. The fraction of sp³-hybridized carbons (Fsp3) is 0.333. The van der Waals surface area contributed by atoms with Gasteiger partial charge >= 0.3 is 5.97 Å². The van der Waals surface area contributed by atoms with Crippen LogP contribution in [0.2, 0.25) is 0 Å². The normalized spacial score (nSPS) is 10.5. The second kappa shape index (κ2) is 6.73. The summed E-state index contributed by atoms with van der Waals surface area (Å²) in [6.07, 6.45) is 5.23. The van der Waals surface area contributed by atoms with Gasteiger partial charge in [-0.2, -0.15) is 0 Å². The molecule has 0 amide bonds. The fourth-order valence-corrected chi connectivity index (χ4v) is 1.89. The number of hydrogen-bond donors (Lipinski definition) is 1. The van der Waals surface area contributed by atoms with E-state index in [2.05, 4.69) is 4.98 Å². The number of nitrogens with zero attached hydrogens (tertiary/aromatic N) is 1. The predicted octanol–water partition coefficient (Wildman–Crippen LogP) is 3.53. The molecule has 1 N–H and O–H groups in total. The van der Waals surface area contributed by atoms with Crippen LogP contribution in [0.4, 0.5) is 0 Å². The van der Waals surface area contributed by atoms with Crippen LogP contribution in [0.3, 0.4) is 0 Å². The molecule has 0 saturated carbocycles. The van der Waals surface area contributed by atoms with Crippen LogP contribution in [0.15, 0.2) is 40.9 Å². The summed E-state index contributed by atoms with van der Waals surface area (Å²) >= 11 is 0. The Labute approximate surface area is 112 Å². The molecule has 1 heterocycles. The SMILES string of the molecule is O=C(O)CCCCCc1ncc(-c2ccccc2)o1. The van der Waals surface area contributed by atoms with Gasteiger partial charge in [-0.1, -0.05) is 36.8 Å². The Kier molecular flexibility index (Phi) is 4.72. The van der Waals surface area contributed by atoms with E-state index in [9.17, 15) is 4.79 Å². The van der Waals surface area contributed by atoms with E-state index < -0.39 is 5.97 Å². The molecule has 0 saturated heterocycles. The number of carboxylic acids is 1. The van der Waals surface area contributed by atoms with Gasteiger partial charge in [-0.25, -0.2) is 4.98 Å². The fourth-order valence-electron chi connectivity index (χ4n) is 1.89. The van der Waals surface area contributed by atoms with Gasteiger partial charge in [0.25, 0.3) is 0 Å². The number of rotatable bonds is 7. The molecule has 0 aliphatic carbocycles. The first kappa shape index (κ1) is 13.3. The van der Waals surface area contributed by atoms with E-state index in [0.29, 0.717) is 12.3 Å².